The van der Waals surface area contributed by atoms with Crippen LogP contribution in [0.4, 0.5) is 4.39 Å². The third-order valence-electron chi connectivity index (χ3n) is 3.21. The number of hydrogen-bond acceptors (Lipinski definition) is 3. The molecule has 0 saturated carbocycles. The molecule has 3 rings (SSSR count). The summed E-state index contributed by atoms with van der Waals surface area (Å²) in [4.78, 5) is -0.314. The molecular weight excluding hydrogens is 283 g/mol. The Morgan fingerprint density at radius 2 is 1.95 bits per heavy atom. The van der Waals surface area contributed by atoms with E-state index in [-0.39, 0.29) is 16.2 Å². The second-order valence-electron chi connectivity index (χ2n) is 4.52. The predicted octanol–water partition coefficient (Wildman–Crippen LogP) is 2.67. The molecule has 1 aliphatic heterocycles. The van der Waals surface area contributed by atoms with Crippen LogP contribution in [0.3, 0.4) is 0 Å². The third kappa shape index (κ3) is 2.17. The molecule has 0 unspecified atom stereocenters. The summed E-state index contributed by atoms with van der Waals surface area (Å²) in [5, 5.41) is 0. The quantitative estimate of drug-likeness (QED) is 0.865. The minimum atomic E-state index is -4.42. The molecule has 6 heteroatoms. The van der Waals surface area contributed by atoms with Crippen molar-refractivity contribution in [2.75, 3.05) is 6.61 Å². The van der Waals surface area contributed by atoms with Crippen LogP contribution in [0.15, 0.2) is 41.3 Å². The number of benzene rings is 2. The van der Waals surface area contributed by atoms with Crippen LogP contribution in [0.1, 0.15) is 5.56 Å². The van der Waals surface area contributed by atoms with Crippen LogP contribution in [-0.4, -0.2) is 19.6 Å². The fourth-order valence-corrected chi connectivity index (χ4v) is 3.02. The molecule has 0 saturated heterocycles. The first-order valence-corrected chi connectivity index (χ1v) is 7.43. The van der Waals surface area contributed by atoms with Gasteiger partial charge in [0, 0.05) is 12.0 Å². The van der Waals surface area contributed by atoms with Crippen molar-refractivity contribution in [2.24, 2.45) is 0 Å². The summed E-state index contributed by atoms with van der Waals surface area (Å²) in [5.74, 6) is -0.291. The molecule has 20 heavy (non-hydrogen) atoms. The third-order valence-corrected chi connectivity index (χ3v) is 4.07. The van der Waals surface area contributed by atoms with Crippen LogP contribution in [0.5, 0.6) is 5.75 Å². The zero-order chi connectivity index (χ0) is 14.3. The lowest BCUT2D eigenvalue weighted by molar-refractivity contribution is 0.346. The molecule has 1 aliphatic rings. The minimum absolute atomic E-state index is 0.160. The van der Waals surface area contributed by atoms with E-state index in [1.54, 1.807) is 24.3 Å². The fraction of sp³-hybridized carbons (Fsp3) is 0.143. The molecule has 1 N–H and O–H groups in total. The van der Waals surface area contributed by atoms with Gasteiger partial charge in [0.15, 0.2) is 0 Å². The lowest BCUT2D eigenvalue weighted by atomic mass is 10.0. The van der Waals surface area contributed by atoms with Gasteiger partial charge in [-0.1, -0.05) is 18.2 Å². The average molecular weight is 294 g/mol. The van der Waals surface area contributed by atoms with Gasteiger partial charge in [0.2, 0.25) is 0 Å². The number of rotatable bonds is 2. The maximum atomic E-state index is 13.8. The Morgan fingerprint density at radius 1 is 1.20 bits per heavy atom. The van der Waals surface area contributed by atoms with Gasteiger partial charge >= 0.3 is 0 Å². The molecule has 0 atom stereocenters. The monoisotopic (exact) mass is 294 g/mol. The van der Waals surface area contributed by atoms with E-state index in [0.717, 1.165) is 0 Å². The van der Waals surface area contributed by atoms with Gasteiger partial charge in [0.05, 0.1) is 6.61 Å². The highest BCUT2D eigenvalue weighted by Gasteiger charge is 2.25. The molecule has 0 aromatic heterocycles. The van der Waals surface area contributed by atoms with Crippen molar-refractivity contribution in [3.63, 3.8) is 0 Å². The highest BCUT2D eigenvalue weighted by atomic mass is 32.2. The molecule has 0 amide bonds. The van der Waals surface area contributed by atoms with Gasteiger partial charge in [-0.2, -0.15) is 8.42 Å². The number of fused-ring (bicyclic) bond motifs is 1. The van der Waals surface area contributed by atoms with E-state index in [1.165, 1.54) is 12.1 Å². The van der Waals surface area contributed by atoms with E-state index in [4.69, 9.17) is 4.74 Å². The van der Waals surface area contributed by atoms with Gasteiger partial charge < -0.3 is 4.74 Å². The van der Waals surface area contributed by atoms with Crippen LogP contribution in [0, 0.1) is 5.82 Å². The Kier molecular flexibility index (Phi) is 2.99. The summed E-state index contributed by atoms with van der Waals surface area (Å²) in [5.41, 5.74) is 1.34. The molecule has 0 spiro atoms. The van der Waals surface area contributed by atoms with E-state index < -0.39 is 15.9 Å². The Labute approximate surface area is 115 Å². The van der Waals surface area contributed by atoms with Crippen molar-refractivity contribution < 1.29 is 22.1 Å². The SMILES string of the molecule is O=S(=O)(O)c1cc(-c2ccccc2F)cc2c1OCC2. The smallest absolute Gasteiger partial charge is 0.298 e. The van der Waals surface area contributed by atoms with Crippen molar-refractivity contribution in [3.8, 4) is 16.9 Å². The lowest BCUT2D eigenvalue weighted by Gasteiger charge is -2.10. The summed E-state index contributed by atoms with van der Waals surface area (Å²) < 4.78 is 51.2. The number of halogens is 1. The van der Waals surface area contributed by atoms with E-state index in [9.17, 15) is 17.4 Å². The van der Waals surface area contributed by atoms with Crippen molar-refractivity contribution in [2.45, 2.75) is 11.3 Å². The summed E-state index contributed by atoms with van der Waals surface area (Å²) in [6, 6.07) is 8.99. The second-order valence-corrected chi connectivity index (χ2v) is 5.91. The highest BCUT2D eigenvalue weighted by molar-refractivity contribution is 7.86. The minimum Gasteiger partial charge on any atom is -0.491 e. The molecule has 104 valence electrons. The van der Waals surface area contributed by atoms with Crippen LogP contribution < -0.4 is 4.74 Å². The summed E-state index contributed by atoms with van der Waals surface area (Å²) in [7, 11) is -4.42. The van der Waals surface area contributed by atoms with Crippen molar-refractivity contribution in [1.82, 2.24) is 0 Å². The Balaban J connectivity index is 2.27. The predicted molar refractivity (Wildman–Crippen MR) is 70.8 cm³/mol. The van der Waals surface area contributed by atoms with Gasteiger partial charge in [-0.15, -0.1) is 0 Å². The van der Waals surface area contributed by atoms with E-state index >= 15 is 0 Å². The highest BCUT2D eigenvalue weighted by Crippen LogP contribution is 2.37. The maximum absolute atomic E-state index is 13.8. The van der Waals surface area contributed by atoms with E-state index in [1.807, 2.05) is 0 Å². The standard InChI is InChI=1S/C14H11FO4S/c15-12-4-2-1-3-11(12)10-7-9-5-6-19-14(9)13(8-10)20(16,17)18/h1-4,7-8H,5-6H2,(H,16,17,18). The Morgan fingerprint density at radius 3 is 2.65 bits per heavy atom. The molecule has 2 aromatic rings. The summed E-state index contributed by atoms with van der Waals surface area (Å²) in [6.45, 7) is 0.346. The summed E-state index contributed by atoms with van der Waals surface area (Å²) in [6.07, 6.45) is 0.528. The number of ether oxygens (including phenoxy) is 1. The molecule has 0 aliphatic carbocycles. The van der Waals surface area contributed by atoms with Crippen molar-refractivity contribution >= 4 is 10.1 Å². The van der Waals surface area contributed by atoms with Crippen molar-refractivity contribution in [3.05, 3.63) is 47.8 Å². The molecule has 2 aromatic carbocycles. The fourth-order valence-electron chi connectivity index (χ4n) is 2.31. The van der Waals surface area contributed by atoms with Crippen LogP contribution in [-0.2, 0) is 16.5 Å². The summed E-state index contributed by atoms with van der Waals surface area (Å²) >= 11 is 0. The van der Waals surface area contributed by atoms with Gasteiger partial charge in [-0.25, -0.2) is 4.39 Å². The Hall–Kier alpha value is -1.92. The molecule has 4 nitrogen and oxygen atoms in total. The van der Waals surface area contributed by atoms with Crippen LogP contribution >= 0.6 is 0 Å². The first kappa shape index (κ1) is 13.1. The van der Waals surface area contributed by atoms with Crippen LogP contribution in [0.25, 0.3) is 11.1 Å². The largest absolute Gasteiger partial charge is 0.491 e. The zero-order valence-corrected chi connectivity index (χ0v) is 11.2. The Bertz CT molecular complexity index is 784. The molecular formula is C14H11FO4S. The maximum Gasteiger partial charge on any atom is 0.298 e. The van der Waals surface area contributed by atoms with E-state index in [0.29, 0.717) is 24.2 Å². The second kappa shape index (κ2) is 4.57. The van der Waals surface area contributed by atoms with Gasteiger partial charge in [0.25, 0.3) is 10.1 Å². The first-order valence-electron chi connectivity index (χ1n) is 5.99. The topological polar surface area (TPSA) is 63.6 Å². The molecule has 1 heterocycles. The molecule has 0 fully saturated rings. The average Bonchev–Trinajstić information content (AvgIpc) is 2.85. The van der Waals surface area contributed by atoms with Crippen molar-refractivity contribution in [1.29, 1.82) is 0 Å². The zero-order valence-electron chi connectivity index (χ0n) is 10.3. The van der Waals surface area contributed by atoms with E-state index in [2.05, 4.69) is 0 Å². The molecule has 0 bridgehead atoms. The van der Waals surface area contributed by atoms with Gasteiger partial charge in [0.1, 0.15) is 16.5 Å². The van der Waals surface area contributed by atoms with Gasteiger partial charge in [-0.3, -0.25) is 4.55 Å². The number of hydrogen-bond donors (Lipinski definition) is 1. The molecule has 0 radical (unpaired) electrons. The normalized spacial score (nSPS) is 13.9. The first-order chi connectivity index (χ1) is 9.47. The van der Waals surface area contributed by atoms with Crippen LogP contribution in [0.2, 0.25) is 0 Å². The lowest BCUT2D eigenvalue weighted by Crippen LogP contribution is -2.02. The van der Waals surface area contributed by atoms with Gasteiger partial charge in [-0.05, 0) is 29.3 Å².